The Bertz CT molecular complexity index is 1010. The van der Waals surface area contributed by atoms with Gasteiger partial charge in [-0.3, -0.25) is 14.2 Å². The van der Waals surface area contributed by atoms with Crippen molar-refractivity contribution in [1.29, 1.82) is 0 Å². The standard InChI is InChI=1S/C15H10N8O3/c24-10(12-17-1-2-18-12)9-7-23(15(26)22-6-5-16-8-22)14(21-9)11(25)13-19-3-4-20-13/h1-8H,(H,17,18)(H,19,20). The van der Waals surface area contributed by atoms with Crippen molar-refractivity contribution in [2.45, 2.75) is 0 Å². The number of carbonyl (C=O) groups is 3. The van der Waals surface area contributed by atoms with Gasteiger partial charge in [-0.2, -0.15) is 0 Å². The minimum atomic E-state index is -0.637. The van der Waals surface area contributed by atoms with Gasteiger partial charge in [0.25, 0.3) is 5.78 Å². The molecule has 0 amide bonds. The molecule has 0 bridgehead atoms. The van der Waals surface area contributed by atoms with E-state index in [1.54, 1.807) is 0 Å². The zero-order valence-corrected chi connectivity index (χ0v) is 13.0. The van der Waals surface area contributed by atoms with Crippen LogP contribution in [0, 0.1) is 0 Å². The van der Waals surface area contributed by atoms with Gasteiger partial charge in [-0.05, 0) is 0 Å². The molecule has 26 heavy (non-hydrogen) atoms. The molecule has 4 rings (SSSR count). The Balaban J connectivity index is 1.81. The van der Waals surface area contributed by atoms with Gasteiger partial charge < -0.3 is 9.97 Å². The topological polar surface area (TPSA) is 144 Å². The minimum Gasteiger partial charge on any atom is -0.342 e. The molecule has 0 aromatic carbocycles. The van der Waals surface area contributed by atoms with Crippen molar-refractivity contribution in [2.24, 2.45) is 0 Å². The third-order valence-corrected chi connectivity index (χ3v) is 3.50. The second kappa shape index (κ2) is 6.05. The van der Waals surface area contributed by atoms with E-state index in [9.17, 15) is 14.4 Å². The zero-order valence-electron chi connectivity index (χ0n) is 13.0. The van der Waals surface area contributed by atoms with E-state index in [0.29, 0.717) is 0 Å². The van der Waals surface area contributed by atoms with Gasteiger partial charge in [0.1, 0.15) is 12.0 Å². The molecule has 0 atom stereocenters. The number of hydrogen-bond donors (Lipinski definition) is 2. The Morgan fingerprint density at radius 3 is 2.19 bits per heavy atom. The quantitative estimate of drug-likeness (QED) is 0.510. The van der Waals surface area contributed by atoms with Crippen LogP contribution in [-0.4, -0.2) is 56.6 Å². The van der Waals surface area contributed by atoms with Crippen molar-refractivity contribution in [1.82, 2.24) is 39.0 Å². The van der Waals surface area contributed by atoms with Crippen molar-refractivity contribution in [3.8, 4) is 0 Å². The number of imidazole rings is 4. The summed E-state index contributed by atoms with van der Waals surface area (Å²) in [6.07, 6.45) is 11.0. The van der Waals surface area contributed by atoms with Gasteiger partial charge in [-0.1, -0.05) is 0 Å². The number of H-pyrrole nitrogens is 2. The summed E-state index contributed by atoms with van der Waals surface area (Å²) in [5.74, 6) is -1.41. The molecule has 0 aliphatic carbocycles. The van der Waals surface area contributed by atoms with E-state index < -0.39 is 17.6 Å². The van der Waals surface area contributed by atoms with Crippen LogP contribution in [0.4, 0.5) is 4.79 Å². The van der Waals surface area contributed by atoms with Gasteiger partial charge in [0.15, 0.2) is 17.5 Å². The highest BCUT2D eigenvalue weighted by molar-refractivity contribution is 6.09. The van der Waals surface area contributed by atoms with Crippen LogP contribution in [-0.2, 0) is 0 Å². The van der Waals surface area contributed by atoms with Gasteiger partial charge in [-0.25, -0.2) is 29.3 Å². The van der Waals surface area contributed by atoms with E-state index in [1.807, 2.05) is 0 Å². The van der Waals surface area contributed by atoms with Crippen molar-refractivity contribution in [3.63, 3.8) is 0 Å². The third-order valence-electron chi connectivity index (χ3n) is 3.50. The molecule has 4 aromatic rings. The molecule has 0 unspecified atom stereocenters. The molecule has 0 radical (unpaired) electrons. The van der Waals surface area contributed by atoms with Gasteiger partial charge in [0, 0.05) is 43.4 Å². The summed E-state index contributed by atoms with van der Waals surface area (Å²) in [6.45, 7) is 0. The van der Waals surface area contributed by atoms with Crippen LogP contribution in [0.15, 0.2) is 49.7 Å². The Kier molecular flexibility index (Phi) is 3.58. The molecule has 0 saturated heterocycles. The highest BCUT2D eigenvalue weighted by Gasteiger charge is 2.27. The molecule has 128 valence electrons. The van der Waals surface area contributed by atoms with Crippen molar-refractivity contribution < 1.29 is 14.4 Å². The molecule has 2 N–H and O–H groups in total. The van der Waals surface area contributed by atoms with E-state index in [2.05, 4.69) is 29.9 Å². The van der Waals surface area contributed by atoms with Gasteiger partial charge in [0.2, 0.25) is 5.78 Å². The SMILES string of the molecule is O=C(c1cn(C(=O)n2ccnc2)c(C(=O)c2ncc[nH]2)n1)c1ncc[nH]1. The highest BCUT2D eigenvalue weighted by atomic mass is 16.2. The molecular weight excluding hydrogens is 340 g/mol. The van der Waals surface area contributed by atoms with Crippen LogP contribution in [0.25, 0.3) is 0 Å². The second-order valence-corrected chi connectivity index (χ2v) is 5.11. The van der Waals surface area contributed by atoms with Crippen molar-refractivity contribution in [3.05, 3.63) is 72.9 Å². The normalized spacial score (nSPS) is 10.8. The fraction of sp³-hybridized carbons (Fsp3) is 0. The van der Waals surface area contributed by atoms with Crippen LogP contribution in [0.1, 0.15) is 32.8 Å². The highest BCUT2D eigenvalue weighted by Crippen LogP contribution is 2.12. The minimum absolute atomic E-state index is 0.00715. The average Bonchev–Trinajstić information content (AvgIpc) is 3.45. The van der Waals surface area contributed by atoms with Crippen molar-refractivity contribution >= 4 is 17.6 Å². The first-order chi connectivity index (χ1) is 12.6. The molecule has 11 nitrogen and oxygen atoms in total. The number of aromatic nitrogens is 8. The average molecular weight is 350 g/mol. The Hall–Kier alpha value is -4.15. The number of ketones is 2. The van der Waals surface area contributed by atoms with Crippen LogP contribution in [0.2, 0.25) is 0 Å². The summed E-state index contributed by atoms with van der Waals surface area (Å²) in [7, 11) is 0. The van der Waals surface area contributed by atoms with Gasteiger partial charge in [-0.15, -0.1) is 0 Å². The first-order valence-electron chi connectivity index (χ1n) is 7.35. The Labute approximate surface area is 144 Å². The maximum atomic E-state index is 12.7. The lowest BCUT2D eigenvalue weighted by Gasteiger charge is -2.04. The number of aromatic amines is 2. The number of hydrogen-bond acceptors (Lipinski definition) is 7. The van der Waals surface area contributed by atoms with E-state index in [0.717, 1.165) is 9.13 Å². The lowest BCUT2D eigenvalue weighted by atomic mass is 10.3. The second-order valence-electron chi connectivity index (χ2n) is 5.11. The van der Waals surface area contributed by atoms with E-state index in [1.165, 1.54) is 49.7 Å². The number of carbonyl (C=O) groups excluding carboxylic acids is 3. The van der Waals surface area contributed by atoms with Gasteiger partial charge >= 0.3 is 6.03 Å². The summed E-state index contributed by atoms with van der Waals surface area (Å²) in [5, 5.41) is 0. The Morgan fingerprint density at radius 1 is 0.923 bits per heavy atom. The molecule has 0 aliphatic rings. The Morgan fingerprint density at radius 2 is 1.62 bits per heavy atom. The van der Waals surface area contributed by atoms with Crippen LogP contribution in [0.3, 0.4) is 0 Å². The first kappa shape index (κ1) is 15.4. The molecule has 11 heteroatoms. The number of nitrogens with zero attached hydrogens (tertiary/aromatic N) is 6. The summed E-state index contributed by atoms with van der Waals surface area (Å²) in [6, 6.07) is -0.622. The summed E-state index contributed by atoms with van der Waals surface area (Å²) >= 11 is 0. The maximum Gasteiger partial charge on any atom is 0.339 e. The zero-order chi connectivity index (χ0) is 18.1. The summed E-state index contributed by atoms with van der Waals surface area (Å²) in [4.78, 5) is 58.6. The smallest absolute Gasteiger partial charge is 0.339 e. The van der Waals surface area contributed by atoms with Crippen LogP contribution in [0.5, 0.6) is 0 Å². The molecule has 4 heterocycles. The van der Waals surface area contributed by atoms with Gasteiger partial charge in [0.05, 0.1) is 0 Å². The monoisotopic (exact) mass is 350 g/mol. The van der Waals surface area contributed by atoms with Crippen LogP contribution >= 0.6 is 0 Å². The fourth-order valence-corrected chi connectivity index (χ4v) is 2.30. The van der Waals surface area contributed by atoms with E-state index >= 15 is 0 Å². The molecule has 4 aromatic heterocycles. The molecule has 0 fully saturated rings. The summed E-state index contributed by atoms with van der Waals surface area (Å²) in [5.41, 5.74) is -0.108. The lowest BCUT2D eigenvalue weighted by molar-refractivity contribution is 0.101. The van der Waals surface area contributed by atoms with Crippen molar-refractivity contribution in [2.75, 3.05) is 0 Å². The molecular formula is C15H10N8O3. The predicted octanol–water partition coefficient (Wildman–Crippen LogP) is 0.504. The van der Waals surface area contributed by atoms with E-state index in [-0.39, 0.29) is 23.2 Å². The molecule has 0 saturated carbocycles. The maximum absolute atomic E-state index is 12.7. The number of nitrogens with one attached hydrogen (secondary N) is 2. The third kappa shape index (κ3) is 2.53. The predicted molar refractivity (Wildman–Crippen MR) is 84.7 cm³/mol. The molecule has 0 aliphatic heterocycles. The lowest BCUT2D eigenvalue weighted by Crippen LogP contribution is -2.22. The van der Waals surface area contributed by atoms with Crippen LogP contribution < -0.4 is 0 Å². The number of rotatable bonds is 4. The summed E-state index contributed by atoms with van der Waals surface area (Å²) < 4.78 is 2.13. The largest absolute Gasteiger partial charge is 0.342 e. The fourth-order valence-electron chi connectivity index (χ4n) is 2.30. The van der Waals surface area contributed by atoms with E-state index in [4.69, 9.17) is 0 Å². The molecule has 0 spiro atoms. The first-order valence-corrected chi connectivity index (χ1v) is 7.35.